The molecule has 4 nitrogen and oxygen atoms in total. The van der Waals surface area contributed by atoms with Gasteiger partial charge in [-0.15, -0.1) is 0 Å². The predicted octanol–water partition coefficient (Wildman–Crippen LogP) is 2.47. The van der Waals surface area contributed by atoms with Crippen LogP contribution >= 0.6 is 0 Å². The van der Waals surface area contributed by atoms with E-state index in [0.717, 1.165) is 12.8 Å². The number of ether oxygens (including phenoxy) is 3. The summed E-state index contributed by atoms with van der Waals surface area (Å²) in [6, 6.07) is 4.14. The molecule has 19 heavy (non-hydrogen) atoms. The van der Waals surface area contributed by atoms with E-state index >= 15 is 0 Å². The summed E-state index contributed by atoms with van der Waals surface area (Å²) in [5.74, 6) is -0.474. The van der Waals surface area contributed by atoms with Gasteiger partial charge >= 0.3 is 0 Å². The first-order valence-corrected chi connectivity index (χ1v) is 6.50. The molecule has 1 aromatic carbocycles. The third-order valence-electron chi connectivity index (χ3n) is 3.54. The lowest BCUT2D eigenvalue weighted by molar-refractivity contribution is -0.155. The number of rotatable bonds is 2. The van der Waals surface area contributed by atoms with Crippen molar-refractivity contribution in [2.24, 2.45) is 0 Å². The number of nitrogens with two attached hydrogens (primary N) is 1. The van der Waals surface area contributed by atoms with E-state index in [2.05, 4.69) is 0 Å². The first-order chi connectivity index (χ1) is 8.93. The van der Waals surface area contributed by atoms with Crippen molar-refractivity contribution < 1.29 is 18.6 Å². The van der Waals surface area contributed by atoms with Crippen molar-refractivity contribution in [3.05, 3.63) is 24.0 Å². The molecule has 1 aliphatic carbocycles. The van der Waals surface area contributed by atoms with Gasteiger partial charge in [0.25, 0.3) is 0 Å². The molecule has 0 spiro atoms. The molecule has 1 heterocycles. The van der Waals surface area contributed by atoms with Crippen molar-refractivity contribution in [3.63, 3.8) is 0 Å². The van der Waals surface area contributed by atoms with Crippen molar-refractivity contribution in [2.75, 3.05) is 5.73 Å². The van der Waals surface area contributed by atoms with Crippen molar-refractivity contribution in [3.8, 4) is 5.75 Å². The van der Waals surface area contributed by atoms with Crippen molar-refractivity contribution in [1.29, 1.82) is 0 Å². The second-order valence-corrected chi connectivity index (χ2v) is 5.61. The summed E-state index contributed by atoms with van der Waals surface area (Å²) < 4.78 is 30.5. The monoisotopic (exact) mass is 267 g/mol. The fourth-order valence-electron chi connectivity index (χ4n) is 2.81. The molecule has 104 valence electrons. The zero-order chi connectivity index (χ0) is 13.6. The zero-order valence-corrected chi connectivity index (χ0v) is 11.1. The molecule has 0 aromatic heterocycles. The molecule has 0 bridgehead atoms. The van der Waals surface area contributed by atoms with Gasteiger partial charge in [-0.2, -0.15) is 0 Å². The number of fused-ring (bicyclic) bond motifs is 1. The lowest BCUT2D eigenvalue weighted by Gasteiger charge is -2.21. The van der Waals surface area contributed by atoms with E-state index in [-0.39, 0.29) is 24.1 Å². The minimum absolute atomic E-state index is 0.0461. The maximum Gasteiger partial charge on any atom is 0.163 e. The summed E-state index contributed by atoms with van der Waals surface area (Å²) >= 11 is 0. The molecule has 1 aliphatic heterocycles. The van der Waals surface area contributed by atoms with Gasteiger partial charge in [-0.3, -0.25) is 0 Å². The largest absolute Gasteiger partial charge is 0.488 e. The number of hydrogen-bond donors (Lipinski definition) is 1. The maximum absolute atomic E-state index is 13.2. The Morgan fingerprint density at radius 3 is 2.53 bits per heavy atom. The minimum atomic E-state index is -0.516. The Morgan fingerprint density at radius 2 is 1.89 bits per heavy atom. The van der Waals surface area contributed by atoms with Crippen molar-refractivity contribution >= 4 is 5.69 Å². The van der Waals surface area contributed by atoms with Gasteiger partial charge in [-0.1, -0.05) is 0 Å². The van der Waals surface area contributed by atoms with Gasteiger partial charge in [-0.25, -0.2) is 4.39 Å². The van der Waals surface area contributed by atoms with Crippen LogP contribution in [-0.4, -0.2) is 24.1 Å². The fraction of sp³-hybridized carbons (Fsp3) is 0.571. The maximum atomic E-state index is 13.2. The fourth-order valence-corrected chi connectivity index (χ4v) is 2.81. The number of nitrogen functional groups attached to an aromatic ring is 1. The van der Waals surface area contributed by atoms with Gasteiger partial charge in [0.15, 0.2) is 5.79 Å². The van der Waals surface area contributed by atoms with E-state index < -0.39 is 5.79 Å². The molecule has 3 atom stereocenters. The molecule has 2 N–H and O–H groups in total. The van der Waals surface area contributed by atoms with Gasteiger partial charge in [0.1, 0.15) is 17.7 Å². The van der Waals surface area contributed by atoms with Crippen LogP contribution < -0.4 is 10.5 Å². The van der Waals surface area contributed by atoms with Gasteiger partial charge in [-0.05, 0) is 26.0 Å². The molecule has 1 aromatic rings. The molecular weight excluding hydrogens is 249 g/mol. The highest BCUT2D eigenvalue weighted by molar-refractivity contribution is 5.52. The molecule has 0 unspecified atom stereocenters. The number of halogens is 1. The van der Waals surface area contributed by atoms with Gasteiger partial charge in [0, 0.05) is 18.9 Å². The molecule has 2 fully saturated rings. The van der Waals surface area contributed by atoms with Crippen LogP contribution in [0.2, 0.25) is 0 Å². The smallest absolute Gasteiger partial charge is 0.163 e. The van der Waals surface area contributed by atoms with Crippen LogP contribution in [0.25, 0.3) is 0 Å². The molecule has 2 aliphatic rings. The van der Waals surface area contributed by atoms with Crippen LogP contribution in [0.3, 0.4) is 0 Å². The van der Waals surface area contributed by atoms with E-state index in [4.69, 9.17) is 19.9 Å². The highest BCUT2D eigenvalue weighted by Crippen LogP contribution is 2.40. The minimum Gasteiger partial charge on any atom is -0.488 e. The standard InChI is InChI=1S/C14H18FNO3/c1-14(2)18-12-6-9(7-13(12)19-14)17-11-5-8(15)3-4-10(11)16/h3-5,9,12-13H,6-7,16H2,1-2H3/t9-,12+,13-. The van der Waals surface area contributed by atoms with Crippen molar-refractivity contribution in [2.45, 2.75) is 50.8 Å². The lowest BCUT2D eigenvalue weighted by atomic mass is 10.2. The molecule has 1 saturated heterocycles. The van der Waals surface area contributed by atoms with E-state index in [1.54, 1.807) is 0 Å². The van der Waals surface area contributed by atoms with Crippen LogP contribution in [0.1, 0.15) is 26.7 Å². The van der Waals surface area contributed by atoms with Gasteiger partial charge in [0.05, 0.1) is 17.9 Å². The van der Waals surface area contributed by atoms with Crippen LogP contribution in [0.15, 0.2) is 18.2 Å². The van der Waals surface area contributed by atoms with Crippen LogP contribution in [-0.2, 0) is 9.47 Å². The second kappa shape index (κ2) is 4.35. The summed E-state index contributed by atoms with van der Waals surface area (Å²) in [6.45, 7) is 3.82. The first kappa shape index (κ1) is 12.7. The third-order valence-corrected chi connectivity index (χ3v) is 3.54. The summed E-state index contributed by atoms with van der Waals surface area (Å²) in [4.78, 5) is 0. The number of anilines is 1. The summed E-state index contributed by atoms with van der Waals surface area (Å²) in [6.07, 6.45) is 1.54. The van der Waals surface area contributed by atoms with E-state index in [1.165, 1.54) is 18.2 Å². The molecule has 0 amide bonds. The topological polar surface area (TPSA) is 53.7 Å². The SMILES string of the molecule is CC1(C)O[C@H]2C[C@@H](Oc3cc(F)ccc3N)C[C@H]2O1. The summed E-state index contributed by atoms with van der Waals surface area (Å²) in [5.41, 5.74) is 6.22. The Hall–Kier alpha value is -1.33. The normalized spacial score (nSPS) is 32.3. The van der Waals surface area contributed by atoms with Crippen molar-refractivity contribution in [1.82, 2.24) is 0 Å². The third kappa shape index (κ3) is 2.53. The second-order valence-electron chi connectivity index (χ2n) is 5.61. The van der Waals surface area contributed by atoms with Gasteiger partial charge in [0.2, 0.25) is 0 Å². The quantitative estimate of drug-likeness (QED) is 0.836. The molecule has 5 heteroatoms. The van der Waals surface area contributed by atoms with Crippen LogP contribution in [0.5, 0.6) is 5.75 Å². The van der Waals surface area contributed by atoms with Crippen LogP contribution in [0, 0.1) is 5.82 Å². The Kier molecular flexibility index (Phi) is 2.91. The van der Waals surface area contributed by atoms with E-state index in [1.807, 2.05) is 13.8 Å². The molecular formula is C14H18FNO3. The summed E-state index contributed by atoms with van der Waals surface area (Å²) in [5, 5.41) is 0. The van der Waals surface area contributed by atoms with E-state index in [0.29, 0.717) is 11.4 Å². The zero-order valence-electron chi connectivity index (χ0n) is 11.1. The first-order valence-electron chi connectivity index (χ1n) is 6.50. The molecule has 1 saturated carbocycles. The Labute approximate surface area is 111 Å². The van der Waals surface area contributed by atoms with E-state index in [9.17, 15) is 4.39 Å². The molecule has 3 rings (SSSR count). The summed E-state index contributed by atoms with van der Waals surface area (Å²) in [7, 11) is 0. The number of benzene rings is 1. The highest BCUT2D eigenvalue weighted by atomic mass is 19.1. The molecule has 0 radical (unpaired) electrons. The average Bonchev–Trinajstić information content (AvgIpc) is 2.76. The van der Waals surface area contributed by atoms with Crippen LogP contribution in [0.4, 0.5) is 10.1 Å². The predicted molar refractivity (Wildman–Crippen MR) is 68.3 cm³/mol. The Morgan fingerprint density at radius 1 is 1.26 bits per heavy atom. The Bertz CT molecular complexity index is 476. The Balaban J connectivity index is 1.66. The van der Waals surface area contributed by atoms with Gasteiger partial charge < -0.3 is 19.9 Å². The average molecular weight is 267 g/mol. The lowest BCUT2D eigenvalue weighted by Crippen LogP contribution is -2.25. The highest BCUT2D eigenvalue weighted by Gasteiger charge is 2.48. The number of hydrogen-bond acceptors (Lipinski definition) is 4.